The lowest BCUT2D eigenvalue weighted by Crippen LogP contribution is -2.44. The molecule has 0 aliphatic rings. The molecule has 0 aliphatic carbocycles. The highest BCUT2D eigenvalue weighted by Crippen LogP contribution is 2.04. The number of hydrogen-bond donors (Lipinski definition) is 1. The van der Waals surface area contributed by atoms with Crippen molar-refractivity contribution in [3.8, 4) is 0 Å². The van der Waals surface area contributed by atoms with Gasteiger partial charge >= 0.3 is 6.09 Å². The molecule has 1 unspecified atom stereocenters. The number of unbranched alkanes of at least 4 members (excludes halogenated alkanes) is 1. The summed E-state index contributed by atoms with van der Waals surface area (Å²) in [7, 11) is 0. The van der Waals surface area contributed by atoms with Crippen molar-refractivity contribution in [2.45, 2.75) is 39.7 Å². The van der Waals surface area contributed by atoms with Gasteiger partial charge in [-0.15, -0.1) is 0 Å². The molecule has 4 nitrogen and oxygen atoms in total. The van der Waals surface area contributed by atoms with Crippen LogP contribution in [0.25, 0.3) is 0 Å². The third kappa shape index (κ3) is 5.53. The van der Waals surface area contributed by atoms with Crippen molar-refractivity contribution in [2.24, 2.45) is 5.92 Å². The average Bonchev–Trinajstić information content (AvgIpc) is 2.25. The van der Waals surface area contributed by atoms with E-state index in [2.05, 4.69) is 11.9 Å². The van der Waals surface area contributed by atoms with Gasteiger partial charge in [0.1, 0.15) is 0 Å². The number of nitrogens with one attached hydrogen (secondary N) is 1. The number of ketones is 1. The molecule has 1 amide bonds. The maximum atomic E-state index is 11.4. The van der Waals surface area contributed by atoms with E-state index in [9.17, 15) is 9.59 Å². The zero-order chi connectivity index (χ0) is 12.6. The Kier molecular flexibility index (Phi) is 7.25. The highest BCUT2D eigenvalue weighted by atomic mass is 16.5. The minimum atomic E-state index is -0.549. The fourth-order valence-electron chi connectivity index (χ4n) is 1.17. The van der Waals surface area contributed by atoms with Crippen LogP contribution in [0.2, 0.25) is 0 Å². The van der Waals surface area contributed by atoms with Gasteiger partial charge in [0.2, 0.25) is 0 Å². The predicted octanol–water partition coefficient (Wildman–Crippen LogP) is 2.29. The summed E-state index contributed by atoms with van der Waals surface area (Å²) in [5.74, 6) is -0.174. The molecule has 1 N–H and O–H groups in total. The first kappa shape index (κ1) is 14.7. The molecule has 0 aromatic rings. The van der Waals surface area contributed by atoms with Crippen LogP contribution in [0.3, 0.4) is 0 Å². The van der Waals surface area contributed by atoms with Gasteiger partial charge in [0.15, 0.2) is 5.78 Å². The van der Waals surface area contributed by atoms with Crippen LogP contribution in [-0.2, 0) is 9.53 Å². The van der Waals surface area contributed by atoms with Crippen LogP contribution in [0, 0.1) is 5.92 Å². The fraction of sp³-hybridized carbons (Fsp3) is 0.667. The summed E-state index contributed by atoms with van der Waals surface area (Å²) in [4.78, 5) is 22.8. The molecule has 4 heteroatoms. The summed E-state index contributed by atoms with van der Waals surface area (Å²) >= 11 is 0. The Hall–Kier alpha value is -1.32. The second kappa shape index (κ2) is 7.91. The number of amides is 1. The lowest BCUT2D eigenvalue weighted by molar-refractivity contribution is -0.117. The van der Waals surface area contributed by atoms with Crippen molar-refractivity contribution in [1.29, 1.82) is 0 Å². The number of ether oxygens (including phenoxy) is 1. The third-order valence-electron chi connectivity index (χ3n) is 2.18. The lowest BCUT2D eigenvalue weighted by Gasteiger charge is -2.19. The van der Waals surface area contributed by atoms with Crippen LogP contribution < -0.4 is 5.32 Å². The maximum Gasteiger partial charge on any atom is 0.407 e. The second-order valence-electron chi connectivity index (χ2n) is 3.96. The van der Waals surface area contributed by atoms with Gasteiger partial charge in [0.25, 0.3) is 0 Å². The molecule has 0 aromatic carbocycles. The Balaban J connectivity index is 4.14. The van der Waals surface area contributed by atoms with Crippen molar-refractivity contribution in [3.63, 3.8) is 0 Å². The molecule has 0 heterocycles. The van der Waals surface area contributed by atoms with Crippen LogP contribution in [0.4, 0.5) is 4.79 Å². The van der Waals surface area contributed by atoms with Gasteiger partial charge in [-0.25, -0.2) is 4.79 Å². The van der Waals surface area contributed by atoms with Gasteiger partial charge in [0.05, 0.1) is 12.6 Å². The summed E-state index contributed by atoms with van der Waals surface area (Å²) in [5, 5.41) is 2.54. The summed E-state index contributed by atoms with van der Waals surface area (Å²) in [6.07, 6.45) is 2.47. The van der Waals surface area contributed by atoms with Crippen molar-refractivity contribution >= 4 is 11.9 Å². The average molecular weight is 227 g/mol. The third-order valence-corrected chi connectivity index (χ3v) is 2.18. The van der Waals surface area contributed by atoms with Crippen LogP contribution in [0.5, 0.6) is 0 Å². The van der Waals surface area contributed by atoms with Crippen molar-refractivity contribution < 1.29 is 14.3 Å². The van der Waals surface area contributed by atoms with Crippen molar-refractivity contribution in [2.75, 3.05) is 6.61 Å². The standard InChI is InChI=1S/C12H21NO3/c1-5-7-8-16-12(15)13-11(9(3)4)10(14)6-2/h6,9,11H,2,5,7-8H2,1,3-4H3,(H,13,15). The largest absolute Gasteiger partial charge is 0.450 e. The molecule has 0 bridgehead atoms. The Morgan fingerprint density at radius 2 is 2.06 bits per heavy atom. The molecule has 0 aliphatic heterocycles. The van der Waals surface area contributed by atoms with E-state index < -0.39 is 12.1 Å². The highest BCUT2D eigenvalue weighted by molar-refractivity contribution is 5.95. The van der Waals surface area contributed by atoms with E-state index in [1.807, 2.05) is 20.8 Å². The van der Waals surface area contributed by atoms with Gasteiger partial charge in [-0.3, -0.25) is 4.79 Å². The van der Waals surface area contributed by atoms with Gasteiger partial charge in [-0.05, 0) is 18.4 Å². The van der Waals surface area contributed by atoms with Gasteiger partial charge < -0.3 is 10.1 Å². The van der Waals surface area contributed by atoms with Crippen LogP contribution >= 0.6 is 0 Å². The molecule has 0 saturated heterocycles. The summed E-state index contributed by atoms with van der Waals surface area (Å²) in [6, 6.07) is -0.549. The Morgan fingerprint density at radius 1 is 1.44 bits per heavy atom. The van der Waals surface area contributed by atoms with E-state index in [1.165, 1.54) is 6.08 Å². The molecular formula is C12H21NO3. The Morgan fingerprint density at radius 3 is 2.50 bits per heavy atom. The molecule has 0 aromatic heterocycles. The van der Waals surface area contributed by atoms with Crippen molar-refractivity contribution in [1.82, 2.24) is 5.32 Å². The fourth-order valence-corrected chi connectivity index (χ4v) is 1.17. The lowest BCUT2D eigenvalue weighted by atomic mass is 10.0. The molecule has 0 fully saturated rings. The topological polar surface area (TPSA) is 55.4 Å². The van der Waals surface area contributed by atoms with E-state index in [1.54, 1.807) is 0 Å². The number of hydrogen-bond acceptors (Lipinski definition) is 3. The molecule has 0 rings (SSSR count). The number of carbonyl (C=O) groups excluding carboxylic acids is 2. The van der Waals surface area contributed by atoms with Crippen LogP contribution in [0.15, 0.2) is 12.7 Å². The van der Waals surface area contributed by atoms with Gasteiger partial charge in [0, 0.05) is 0 Å². The first-order chi connectivity index (χ1) is 7.52. The minimum Gasteiger partial charge on any atom is -0.450 e. The summed E-state index contributed by atoms with van der Waals surface area (Å²) in [6.45, 7) is 9.52. The molecule has 0 spiro atoms. The quantitative estimate of drug-likeness (QED) is 0.536. The van der Waals surface area contributed by atoms with Crippen LogP contribution in [-0.4, -0.2) is 24.5 Å². The summed E-state index contributed by atoms with van der Waals surface area (Å²) in [5.41, 5.74) is 0. The predicted molar refractivity (Wildman–Crippen MR) is 63.2 cm³/mol. The van der Waals surface area contributed by atoms with E-state index >= 15 is 0 Å². The zero-order valence-corrected chi connectivity index (χ0v) is 10.3. The highest BCUT2D eigenvalue weighted by Gasteiger charge is 2.22. The Labute approximate surface area is 97.1 Å². The van der Waals surface area contributed by atoms with Gasteiger partial charge in [-0.1, -0.05) is 33.8 Å². The monoisotopic (exact) mass is 227 g/mol. The molecular weight excluding hydrogens is 206 g/mol. The van der Waals surface area contributed by atoms with Gasteiger partial charge in [-0.2, -0.15) is 0 Å². The number of carbonyl (C=O) groups is 2. The first-order valence-electron chi connectivity index (χ1n) is 5.62. The smallest absolute Gasteiger partial charge is 0.407 e. The molecule has 0 saturated carbocycles. The molecule has 16 heavy (non-hydrogen) atoms. The van der Waals surface area contributed by atoms with E-state index in [0.29, 0.717) is 6.61 Å². The number of rotatable bonds is 7. The first-order valence-corrected chi connectivity index (χ1v) is 5.62. The Bertz CT molecular complexity index is 249. The molecule has 92 valence electrons. The molecule has 0 radical (unpaired) electrons. The maximum absolute atomic E-state index is 11.4. The van der Waals surface area contributed by atoms with E-state index in [-0.39, 0.29) is 11.7 Å². The molecule has 1 atom stereocenters. The zero-order valence-electron chi connectivity index (χ0n) is 10.3. The second-order valence-corrected chi connectivity index (χ2v) is 3.96. The van der Waals surface area contributed by atoms with E-state index in [0.717, 1.165) is 12.8 Å². The number of alkyl carbamates (subject to hydrolysis) is 1. The normalized spacial score (nSPS) is 12.0. The summed E-state index contributed by atoms with van der Waals surface area (Å²) < 4.78 is 4.92. The van der Waals surface area contributed by atoms with E-state index in [4.69, 9.17) is 4.74 Å². The van der Waals surface area contributed by atoms with Crippen molar-refractivity contribution in [3.05, 3.63) is 12.7 Å². The minimum absolute atomic E-state index is 0.0178. The SMILES string of the molecule is C=CC(=O)C(NC(=O)OCCCC)C(C)C. The van der Waals surface area contributed by atoms with Crippen LogP contribution in [0.1, 0.15) is 33.6 Å².